The molecule has 0 aliphatic carbocycles. The summed E-state index contributed by atoms with van der Waals surface area (Å²) in [4.78, 5) is 16.8. The Labute approximate surface area is 84.9 Å². The van der Waals surface area contributed by atoms with Gasteiger partial charge in [0.1, 0.15) is 0 Å². The van der Waals surface area contributed by atoms with Crippen molar-refractivity contribution < 1.29 is 4.92 Å². The van der Waals surface area contributed by atoms with Gasteiger partial charge in [0, 0.05) is 6.07 Å². The minimum absolute atomic E-state index is 0.0288. The van der Waals surface area contributed by atoms with Crippen LogP contribution in [-0.4, -0.2) is 14.9 Å². The Bertz CT molecular complexity index is 506. The van der Waals surface area contributed by atoms with Gasteiger partial charge in [-0.1, -0.05) is 12.1 Å². The molecular formula is C9H8N4O2. The summed E-state index contributed by atoms with van der Waals surface area (Å²) >= 11 is 0. The normalized spacial score (nSPS) is 10.1. The second kappa shape index (κ2) is 3.41. The number of anilines is 1. The maximum absolute atomic E-state index is 10.7. The van der Waals surface area contributed by atoms with E-state index in [4.69, 9.17) is 5.73 Å². The molecule has 0 bridgehead atoms. The molecule has 0 unspecified atom stereocenters. The molecule has 15 heavy (non-hydrogen) atoms. The van der Waals surface area contributed by atoms with E-state index >= 15 is 0 Å². The number of nitrogens with one attached hydrogen (secondary N) is 1. The number of rotatable bonds is 2. The number of nitrogen functional groups attached to an aromatic ring is 1. The van der Waals surface area contributed by atoms with Gasteiger partial charge in [0.05, 0.1) is 22.4 Å². The van der Waals surface area contributed by atoms with Crippen LogP contribution < -0.4 is 5.73 Å². The van der Waals surface area contributed by atoms with Crippen molar-refractivity contribution in [2.75, 3.05) is 5.73 Å². The standard InChI is InChI=1S/C9H8N4O2/c10-9-11-5-7(12-9)6-3-1-2-4-8(6)13(14)15/h1-5H,(H3,10,11,12). The van der Waals surface area contributed by atoms with Crippen molar-refractivity contribution in [1.29, 1.82) is 0 Å². The molecule has 0 saturated carbocycles. The number of nitro benzene ring substituents is 1. The average molecular weight is 204 g/mol. The van der Waals surface area contributed by atoms with E-state index in [2.05, 4.69) is 9.97 Å². The van der Waals surface area contributed by atoms with Crippen molar-refractivity contribution in [2.24, 2.45) is 0 Å². The zero-order chi connectivity index (χ0) is 10.8. The molecule has 0 saturated heterocycles. The Balaban J connectivity index is 2.57. The van der Waals surface area contributed by atoms with E-state index in [1.54, 1.807) is 18.2 Å². The molecular weight excluding hydrogens is 196 g/mol. The number of nitro groups is 1. The number of para-hydroxylation sites is 1. The van der Waals surface area contributed by atoms with E-state index in [9.17, 15) is 10.1 Å². The van der Waals surface area contributed by atoms with Crippen LogP contribution in [0.5, 0.6) is 0 Å². The quantitative estimate of drug-likeness (QED) is 0.572. The number of nitrogens with zero attached hydrogens (tertiary/aromatic N) is 2. The lowest BCUT2D eigenvalue weighted by Gasteiger charge is -1.98. The number of hydrogen-bond acceptors (Lipinski definition) is 4. The monoisotopic (exact) mass is 204 g/mol. The van der Waals surface area contributed by atoms with Gasteiger partial charge in [-0.15, -0.1) is 0 Å². The smallest absolute Gasteiger partial charge is 0.278 e. The number of nitrogens with two attached hydrogens (primary N) is 1. The molecule has 6 nitrogen and oxygen atoms in total. The SMILES string of the molecule is Nc1ncc(-c2ccccc2[N+](=O)[O-])[nH]1. The van der Waals surface area contributed by atoms with Gasteiger partial charge in [-0.05, 0) is 6.07 Å². The summed E-state index contributed by atoms with van der Waals surface area (Å²) in [5, 5.41) is 10.7. The van der Waals surface area contributed by atoms with Gasteiger partial charge in [0.2, 0.25) is 0 Å². The first-order chi connectivity index (χ1) is 7.18. The predicted octanol–water partition coefficient (Wildman–Crippen LogP) is 1.57. The molecule has 3 N–H and O–H groups in total. The van der Waals surface area contributed by atoms with E-state index in [0.717, 1.165) is 0 Å². The topological polar surface area (TPSA) is 97.8 Å². The number of aromatic nitrogens is 2. The van der Waals surface area contributed by atoms with Crippen LogP contribution in [0, 0.1) is 10.1 Å². The van der Waals surface area contributed by atoms with Gasteiger partial charge in [-0.25, -0.2) is 4.98 Å². The number of H-pyrrole nitrogens is 1. The van der Waals surface area contributed by atoms with Crippen LogP contribution in [0.15, 0.2) is 30.5 Å². The highest BCUT2D eigenvalue weighted by Gasteiger charge is 2.15. The molecule has 1 heterocycles. The second-order valence-electron chi connectivity index (χ2n) is 2.96. The average Bonchev–Trinajstić information content (AvgIpc) is 2.65. The fourth-order valence-corrected chi connectivity index (χ4v) is 1.33. The molecule has 6 heteroatoms. The number of imidazole rings is 1. The highest BCUT2D eigenvalue weighted by atomic mass is 16.6. The summed E-state index contributed by atoms with van der Waals surface area (Å²) in [6, 6.07) is 6.41. The largest absolute Gasteiger partial charge is 0.369 e. The Kier molecular flexibility index (Phi) is 2.09. The molecule has 2 aromatic rings. The summed E-state index contributed by atoms with van der Waals surface area (Å²) in [5.74, 6) is 0.239. The molecule has 1 aromatic heterocycles. The van der Waals surface area contributed by atoms with Crippen LogP contribution in [0.4, 0.5) is 11.6 Å². The Hall–Kier alpha value is -2.37. The van der Waals surface area contributed by atoms with Gasteiger partial charge in [-0.3, -0.25) is 10.1 Å². The first kappa shape index (κ1) is 9.20. The summed E-state index contributed by atoms with van der Waals surface area (Å²) in [6.45, 7) is 0. The van der Waals surface area contributed by atoms with Crippen LogP contribution in [-0.2, 0) is 0 Å². The molecule has 0 aliphatic heterocycles. The molecule has 0 radical (unpaired) electrons. The minimum Gasteiger partial charge on any atom is -0.369 e. The van der Waals surface area contributed by atoms with E-state index in [1.165, 1.54) is 12.3 Å². The van der Waals surface area contributed by atoms with Gasteiger partial charge < -0.3 is 10.7 Å². The van der Waals surface area contributed by atoms with E-state index in [0.29, 0.717) is 11.3 Å². The predicted molar refractivity (Wildman–Crippen MR) is 55.1 cm³/mol. The lowest BCUT2D eigenvalue weighted by atomic mass is 10.1. The summed E-state index contributed by atoms with van der Waals surface area (Å²) in [6.07, 6.45) is 1.47. The van der Waals surface area contributed by atoms with Crippen LogP contribution >= 0.6 is 0 Å². The fraction of sp³-hybridized carbons (Fsp3) is 0. The van der Waals surface area contributed by atoms with Crippen molar-refractivity contribution in [3.05, 3.63) is 40.6 Å². The maximum Gasteiger partial charge on any atom is 0.278 e. The minimum atomic E-state index is -0.438. The number of aromatic amines is 1. The molecule has 0 atom stereocenters. The van der Waals surface area contributed by atoms with Crippen LogP contribution in [0.2, 0.25) is 0 Å². The fourth-order valence-electron chi connectivity index (χ4n) is 1.33. The van der Waals surface area contributed by atoms with Crippen molar-refractivity contribution in [2.45, 2.75) is 0 Å². The van der Waals surface area contributed by atoms with E-state index in [1.807, 2.05) is 0 Å². The van der Waals surface area contributed by atoms with E-state index in [-0.39, 0.29) is 11.6 Å². The van der Waals surface area contributed by atoms with Crippen molar-refractivity contribution in [3.8, 4) is 11.3 Å². The van der Waals surface area contributed by atoms with Crippen molar-refractivity contribution >= 4 is 11.6 Å². The first-order valence-electron chi connectivity index (χ1n) is 4.23. The second-order valence-corrected chi connectivity index (χ2v) is 2.96. The molecule has 0 fully saturated rings. The third-order valence-electron chi connectivity index (χ3n) is 1.99. The zero-order valence-corrected chi connectivity index (χ0v) is 7.68. The highest BCUT2D eigenvalue weighted by Crippen LogP contribution is 2.27. The van der Waals surface area contributed by atoms with Gasteiger partial charge in [0.15, 0.2) is 5.95 Å². The number of hydrogen-bond donors (Lipinski definition) is 2. The molecule has 1 aromatic carbocycles. The summed E-state index contributed by atoms with van der Waals surface area (Å²) < 4.78 is 0. The third-order valence-corrected chi connectivity index (χ3v) is 1.99. The highest BCUT2D eigenvalue weighted by molar-refractivity contribution is 5.70. The zero-order valence-electron chi connectivity index (χ0n) is 7.68. The molecule has 0 amide bonds. The van der Waals surface area contributed by atoms with E-state index < -0.39 is 4.92 Å². The number of benzene rings is 1. The molecule has 0 spiro atoms. The lowest BCUT2D eigenvalue weighted by Crippen LogP contribution is -1.92. The maximum atomic E-state index is 10.7. The van der Waals surface area contributed by atoms with Gasteiger partial charge >= 0.3 is 0 Å². The summed E-state index contributed by atoms with van der Waals surface area (Å²) in [7, 11) is 0. The molecule has 2 rings (SSSR count). The third kappa shape index (κ3) is 1.64. The van der Waals surface area contributed by atoms with Gasteiger partial charge in [0.25, 0.3) is 5.69 Å². The molecule has 0 aliphatic rings. The van der Waals surface area contributed by atoms with Crippen molar-refractivity contribution in [1.82, 2.24) is 9.97 Å². The first-order valence-corrected chi connectivity index (χ1v) is 4.23. The van der Waals surface area contributed by atoms with Crippen LogP contribution in [0.25, 0.3) is 11.3 Å². The Morgan fingerprint density at radius 3 is 2.73 bits per heavy atom. The van der Waals surface area contributed by atoms with Gasteiger partial charge in [-0.2, -0.15) is 0 Å². The summed E-state index contributed by atoms with van der Waals surface area (Å²) in [5.41, 5.74) is 6.45. The Morgan fingerprint density at radius 2 is 2.13 bits per heavy atom. The molecule has 76 valence electrons. The van der Waals surface area contributed by atoms with Crippen LogP contribution in [0.3, 0.4) is 0 Å². The lowest BCUT2D eigenvalue weighted by molar-refractivity contribution is -0.384. The van der Waals surface area contributed by atoms with Crippen molar-refractivity contribution in [3.63, 3.8) is 0 Å². The Morgan fingerprint density at radius 1 is 1.40 bits per heavy atom. The van der Waals surface area contributed by atoms with Crippen LogP contribution in [0.1, 0.15) is 0 Å².